The Morgan fingerprint density at radius 1 is 1.16 bits per heavy atom. The van der Waals surface area contributed by atoms with Gasteiger partial charge in [0.25, 0.3) is 10.0 Å². The topological polar surface area (TPSA) is 67.8 Å². The summed E-state index contributed by atoms with van der Waals surface area (Å²) in [4.78, 5) is 1.74. The normalized spacial score (nSPS) is 12.4. The van der Waals surface area contributed by atoms with Crippen molar-refractivity contribution in [3.05, 3.63) is 59.2 Å². The Morgan fingerprint density at radius 3 is 2.48 bits per heavy atom. The number of alkyl halides is 3. The lowest BCUT2D eigenvalue weighted by Crippen LogP contribution is -2.19. The maximum atomic E-state index is 12.9. The van der Waals surface area contributed by atoms with Gasteiger partial charge in [0.2, 0.25) is 0 Å². The molecular weight excluding hydrogens is 357 g/mol. The second kappa shape index (κ2) is 7.14. The fourth-order valence-corrected chi connectivity index (χ4v) is 3.12. The highest BCUT2D eigenvalue weighted by atomic mass is 32.2. The van der Waals surface area contributed by atoms with E-state index in [-0.39, 0.29) is 16.2 Å². The molecule has 25 heavy (non-hydrogen) atoms. The molecule has 0 saturated carbocycles. The molecule has 0 radical (unpaired) electrons. The number of aryl methyl sites for hydroxylation is 1. The van der Waals surface area contributed by atoms with Crippen molar-refractivity contribution in [3.63, 3.8) is 0 Å². The third kappa shape index (κ3) is 4.50. The van der Waals surface area contributed by atoms with E-state index in [1.54, 1.807) is 13.0 Å². The van der Waals surface area contributed by atoms with E-state index in [1.165, 1.54) is 37.4 Å². The molecule has 0 amide bonds. The highest BCUT2D eigenvalue weighted by Crippen LogP contribution is 2.31. The predicted octanol–water partition coefficient (Wildman–Crippen LogP) is 3.33. The van der Waals surface area contributed by atoms with Crippen LogP contribution in [0.2, 0.25) is 0 Å². The fraction of sp³-hybridized carbons (Fsp3) is 0.188. The van der Waals surface area contributed by atoms with Crippen LogP contribution in [0.3, 0.4) is 0 Å². The van der Waals surface area contributed by atoms with Crippen LogP contribution in [0.1, 0.15) is 16.7 Å². The van der Waals surface area contributed by atoms with E-state index in [4.69, 9.17) is 4.74 Å². The van der Waals surface area contributed by atoms with Gasteiger partial charge < -0.3 is 4.74 Å². The van der Waals surface area contributed by atoms with Gasteiger partial charge in [0.15, 0.2) is 0 Å². The first-order valence-electron chi connectivity index (χ1n) is 7.01. The van der Waals surface area contributed by atoms with Crippen LogP contribution in [-0.4, -0.2) is 21.7 Å². The van der Waals surface area contributed by atoms with Crippen LogP contribution >= 0.6 is 0 Å². The molecule has 2 rings (SSSR count). The minimum atomic E-state index is -4.57. The summed E-state index contributed by atoms with van der Waals surface area (Å²) in [5.41, 5.74) is -0.493. The van der Waals surface area contributed by atoms with Gasteiger partial charge in [-0.1, -0.05) is 24.3 Å². The quantitative estimate of drug-likeness (QED) is 0.647. The molecule has 2 aromatic carbocycles. The van der Waals surface area contributed by atoms with E-state index in [9.17, 15) is 21.6 Å². The highest BCUT2D eigenvalue weighted by Gasteiger charge is 2.32. The zero-order valence-corrected chi connectivity index (χ0v) is 14.1. The number of ether oxygens (including phenoxy) is 1. The number of hydrazone groups is 1. The summed E-state index contributed by atoms with van der Waals surface area (Å²) < 4.78 is 68.3. The van der Waals surface area contributed by atoms with Gasteiger partial charge in [-0.25, -0.2) is 0 Å². The molecule has 0 fully saturated rings. The van der Waals surface area contributed by atoms with E-state index in [0.717, 1.165) is 12.3 Å². The maximum Gasteiger partial charge on any atom is 0.417 e. The molecule has 0 heterocycles. The van der Waals surface area contributed by atoms with Crippen molar-refractivity contribution in [2.45, 2.75) is 18.0 Å². The zero-order valence-electron chi connectivity index (χ0n) is 13.3. The monoisotopic (exact) mass is 372 g/mol. The number of nitrogens with zero attached hydrogens (tertiary/aromatic N) is 1. The molecule has 9 heteroatoms. The fourth-order valence-electron chi connectivity index (χ4n) is 2.08. The zero-order chi connectivity index (χ0) is 18.7. The average molecular weight is 372 g/mol. The minimum Gasteiger partial charge on any atom is -0.495 e. The van der Waals surface area contributed by atoms with Crippen LogP contribution in [0, 0.1) is 6.92 Å². The van der Waals surface area contributed by atoms with Gasteiger partial charge in [-0.15, -0.1) is 0 Å². The Bertz CT molecular complexity index is 894. The molecule has 0 spiro atoms. The number of hydrogen-bond acceptors (Lipinski definition) is 4. The van der Waals surface area contributed by atoms with Gasteiger partial charge in [-0.05, 0) is 30.7 Å². The molecule has 0 aliphatic heterocycles. The summed E-state index contributed by atoms with van der Waals surface area (Å²) in [5, 5.41) is 3.45. The number of rotatable bonds is 5. The van der Waals surface area contributed by atoms with Gasteiger partial charge >= 0.3 is 6.18 Å². The Morgan fingerprint density at radius 2 is 1.84 bits per heavy atom. The van der Waals surface area contributed by atoms with Crippen LogP contribution in [-0.2, 0) is 16.2 Å². The molecule has 0 aliphatic carbocycles. The van der Waals surface area contributed by atoms with Crippen molar-refractivity contribution >= 4 is 16.2 Å². The van der Waals surface area contributed by atoms with Gasteiger partial charge in [-0.2, -0.15) is 31.5 Å². The summed E-state index contributed by atoms with van der Waals surface area (Å²) in [6, 6.07) is 9.23. The molecule has 0 saturated heterocycles. The standard InChI is InChI=1S/C16H15F3N2O3S/c1-11-7-8-14(24-2)15(9-11)25(22,23)21-20-10-12-5-3-4-6-13(12)16(17,18)19/h3-10,21H,1-2H3/b20-10+. The SMILES string of the molecule is COc1ccc(C)cc1S(=O)(=O)N/N=C/c1ccccc1C(F)(F)F. The van der Waals surface area contributed by atoms with Gasteiger partial charge in [-0.3, -0.25) is 0 Å². The lowest BCUT2D eigenvalue weighted by atomic mass is 10.1. The van der Waals surface area contributed by atoms with E-state index in [1.807, 2.05) is 4.83 Å². The van der Waals surface area contributed by atoms with Crippen LogP contribution in [0.5, 0.6) is 5.75 Å². The lowest BCUT2D eigenvalue weighted by molar-refractivity contribution is -0.137. The number of sulfonamides is 1. The number of methoxy groups -OCH3 is 1. The molecule has 0 bridgehead atoms. The molecule has 2 aromatic rings. The van der Waals surface area contributed by atoms with E-state index in [0.29, 0.717) is 5.56 Å². The molecule has 0 aromatic heterocycles. The van der Waals surface area contributed by atoms with Gasteiger partial charge in [0.05, 0.1) is 18.9 Å². The van der Waals surface area contributed by atoms with Crippen LogP contribution in [0.4, 0.5) is 13.2 Å². The van der Waals surface area contributed by atoms with Gasteiger partial charge in [0, 0.05) is 5.56 Å². The van der Waals surface area contributed by atoms with Crippen LogP contribution in [0.25, 0.3) is 0 Å². The number of halogens is 3. The van der Waals surface area contributed by atoms with Crippen molar-refractivity contribution in [2.24, 2.45) is 5.10 Å². The van der Waals surface area contributed by atoms with Crippen molar-refractivity contribution in [1.29, 1.82) is 0 Å². The summed E-state index contributed by atoms with van der Waals surface area (Å²) in [7, 11) is -2.79. The molecule has 1 N–H and O–H groups in total. The number of hydrogen-bond donors (Lipinski definition) is 1. The van der Waals surface area contributed by atoms with Crippen molar-refractivity contribution in [1.82, 2.24) is 4.83 Å². The Labute approximate surface area is 143 Å². The third-order valence-corrected chi connectivity index (χ3v) is 4.50. The lowest BCUT2D eigenvalue weighted by Gasteiger charge is -2.11. The van der Waals surface area contributed by atoms with E-state index >= 15 is 0 Å². The number of nitrogens with one attached hydrogen (secondary N) is 1. The second-order valence-electron chi connectivity index (χ2n) is 5.09. The smallest absolute Gasteiger partial charge is 0.417 e. The Kier molecular flexibility index (Phi) is 5.36. The summed E-state index contributed by atoms with van der Waals surface area (Å²) in [6.45, 7) is 1.70. The average Bonchev–Trinajstić information content (AvgIpc) is 2.54. The first-order valence-corrected chi connectivity index (χ1v) is 8.49. The maximum absolute atomic E-state index is 12.9. The minimum absolute atomic E-state index is 0.101. The summed E-state index contributed by atoms with van der Waals surface area (Å²) >= 11 is 0. The summed E-state index contributed by atoms with van der Waals surface area (Å²) in [5.74, 6) is 0.101. The first-order chi connectivity index (χ1) is 11.6. The van der Waals surface area contributed by atoms with Gasteiger partial charge in [0.1, 0.15) is 10.6 Å². The van der Waals surface area contributed by atoms with Crippen molar-refractivity contribution in [2.75, 3.05) is 7.11 Å². The first kappa shape index (κ1) is 18.8. The predicted molar refractivity (Wildman–Crippen MR) is 87.1 cm³/mol. The molecule has 0 aliphatic rings. The van der Waals surface area contributed by atoms with Crippen molar-refractivity contribution < 1.29 is 26.3 Å². The van der Waals surface area contributed by atoms with Crippen LogP contribution in [0.15, 0.2) is 52.5 Å². The van der Waals surface area contributed by atoms with E-state index in [2.05, 4.69) is 5.10 Å². The molecule has 5 nitrogen and oxygen atoms in total. The number of benzene rings is 2. The highest BCUT2D eigenvalue weighted by molar-refractivity contribution is 7.89. The molecule has 134 valence electrons. The van der Waals surface area contributed by atoms with Crippen molar-refractivity contribution in [3.8, 4) is 5.75 Å². The van der Waals surface area contributed by atoms with Crippen LogP contribution < -0.4 is 9.57 Å². The largest absolute Gasteiger partial charge is 0.495 e. The van der Waals surface area contributed by atoms with E-state index < -0.39 is 21.8 Å². The summed E-state index contributed by atoms with van der Waals surface area (Å²) in [6.07, 6.45) is -3.76. The Balaban J connectivity index is 2.30. The molecular formula is C16H15F3N2O3S. The molecule has 0 atom stereocenters. The second-order valence-corrected chi connectivity index (χ2v) is 6.72. The molecule has 0 unspecified atom stereocenters. The third-order valence-electron chi connectivity index (χ3n) is 3.25. The Hall–Kier alpha value is -2.55.